The van der Waals surface area contributed by atoms with E-state index in [1.54, 1.807) is 6.92 Å². The van der Waals surface area contributed by atoms with E-state index in [9.17, 15) is 15.0 Å². The maximum atomic E-state index is 11.2. The molecule has 2 rings (SSSR count). The fourth-order valence-electron chi connectivity index (χ4n) is 2.06. The van der Waals surface area contributed by atoms with Crippen molar-refractivity contribution in [3.8, 4) is 0 Å². The van der Waals surface area contributed by atoms with Gasteiger partial charge in [-0.1, -0.05) is 0 Å². The molecular weight excluding hydrogens is 188 g/mol. The van der Waals surface area contributed by atoms with Crippen LogP contribution in [0, 0.1) is 0 Å². The molecule has 4 atom stereocenters. The zero-order valence-corrected chi connectivity index (χ0v) is 7.86. The summed E-state index contributed by atoms with van der Waals surface area (Å²) in [6.45, 7) is 1.57. The summed E-state index contributed by atoms with van der Waals surface area (Å²) in [5.74, 6) is 0. The summed E-state index contributed by atoms with van der Waals surface area (Å²) >= 11 is 0. The molecule has 2 saturated heterocycles. The second kappa shape index (κ2) is 3.08. The van der Waals surface area contributed by atoms with Crippen molar-refractivity contribution in [1.29, 1.82) is 0 Å². The molecule has 2 heterocycles. The lowest BCUT2D eigenvalue weighted by Gasteiger charge is -2.28. The van der Waals surface area contributed by atoms with Crippen LogP contribution in [0.3, 0.4) is 0 Å². The van der Waals surface area contributed by atoms with Gasteiger partial charge >= 0.3 is 6.03 Å². The van der Waals surface area contributed by atoms with Crippen molar-refractivity contribution in [1.82, 2.24) is 10.6 Å². The first kappa shape index (κ1) is 9.70. The predicted molar refractivity (Wildman–Crippen MR) is 46.7 cm³/mol. The quantitative estimate of drug-likeness (QED) is 0.403. The third-order valence-corrected chi connectivity index (χ3v) is 2.92. The molecule has 0 aromatic heterocycles. The SMILES string of the molecule is C[C@@H]1O[C@@]2(CO)CNC(=O)NC1[C@H]2O. The summed E-state index contributed by atoms with van der Waals surface area (Å²) in [4.78, 5) is 11.2. The van der Waals surface area contributed by atoms with E-state index in [4.69, 9.17) is 4.74 Å². The van der Waals surface area contributed by atoms with Gasteiger partial charge in [0.25, 0.3) is 0 Å². The first-order chi connectivity index (χ1) is 6.59. The van der Waals surface area contributed by atoms with Crippen molar-refractivity contribution in [2.24, 2.45) is 0 Å². The Kier molecular flexibility index (Phi) is 2.13. The summed E-state index contributed by atoms with van der Waals surface area (Å²) in [7, 11) is 0. The van der Waals surface area contributed by atoms with Crippen molar-refractivity contribution in [2.75, 3.05) is 13.2 Å². The normalized spacial score (nSPS) is 46.8. The van der Waals surface area contributed by atoms with Gasteiger partial charge in [0.2, 0.25) is 0 Å². The molecule has 14 heavy (non-hydrogen) atoms. The predicted octanol–water partition coefficient (Wildman–Crippen LogP) is -1.82. The molecule has 80 valence electrons. The van der Waals surface area contributed by atoms with Gasteiger partial charge in [0.1, 0.15) is 11.7 Å². The first-order valence-electron chi connectivity index (χ1n) is 4.60. The Morgan fingerprint density at radius 2 is 2.43 bits per heavy atom. The maximum absolute atomic E-state index is 11.2. The van der Waals surface area contributed by atoms with E-state index < -0.39 is 17.7 Å². The van der Waals surface area contributed by atoms with Gasteiger partial charge in [-0.05, 0) is 6.92 Å². The van der Waals surface area contributed by atoms with Gasteiger partial charge in [-0.15, -0.1) is 0 Å². The summed E-state index contributed by atoms with van der Waals surface area (Å²) < 4.78 is 5.49. The Hall–Kier alpha value is -0.850. The highest BCUT2D eigenvalue weighted by Gasteiger charge is 2.55. The first-order valence-corrected chi connectivity index (χ1v) is 4.60. The van der Waals surface area contributed by atoms with Gasteiger partial charge in [0.15, 0.2) is 0 Å². The molecule has 6 nitrogen and oxygen atoms in total. The van der Waals surface area contributed by atoms with Crippen LogP contribution in [-0.4, -0.2) is 53.2 Å². The van der Waals surface area contributed by atoms with Crippen LogP contribution in [0.4, 0.5) is 4.79 Å². The minimum absolute atomic E-state index is 0.122. The molecule has 2 fully saturated rings. The summed E-state index contributed by atoms with van der Waals surface area (Å²) in [5.41, 5.74) is -1.05. The number of aliphatic hydroxyl groups excluding tert-OH is 2. The summed E-state index contributed by atoms with van der Waals surface area (Å²) in [5, 5.41) is 24.2. The number of ether oxygens (including phenoxy) is 1. The zero-order chi connectivity index (χ0) is 10.3. The van der Waals surface area contributed by atoms with Crippen molar-refractivity contribution < 1.29 is 19.7 Å². The topological polar surface area (TPSA) is 90.8 Å². The van der Waals surface area contributed by atoms with Crippen LogP contribution in [0.1, 0.15) is 6.92 Å². The Balaban J connectivity index is 2.29. The molecule has 0 aliphatic carbocycles. The second-order valence-electron chi connectivity index (χ2n) is 3.84. The largest absolute Gasteiger partial charge is 0.393 e. The number of urea groups is 1. The Morgan fingerprint density at radius 1 is 1.71 bits per heavy atom. The Bertz CT molecular complexity index is 260. The lowest BCUT2D eigenvalue weighted by molar-refractivity contribution is -0.103. The van der Waals surface area contributed by atoms with Gasteiger partial charge in [-0.25, -0.2) is 4.79 Å². The number of hydrogen-bond donors (Lipinski definition) is 4. The number of fused-ring (bicyclic) bond motifs is 2. The molecule has 2 amide bonds. The number of carbonyl (C=O) groups is 1. The van der Waals surface area contributed by atoms with Crippen molar-refractivity contribution >= 4 is 6.03 Å². The number of hydrogen-bond acceptors (Lipinski definition) is 4. The number of aliphatic hydroxyl groups is 2. The van der Waals surface area contributed by atoms with E-state index in [-0.39, 0.29) is 25.3 Å². The molecule has 6 heteroatoms. The van der Waals surface area contributed by atoms with Crippen LogP contribution in [-0.2, 0) is 4.74 Å². The number of amides is 2. The molecule has 4 N–H and O–H groups in total. The number of carbonyl (C=O) groups excluding carboxylic acids is 1. The van der Waals surface area contributed by atoms with Crippen molar-refractivity contribution in [2.45, 2.75) is 30.8 Å². The lowest BCUT2D eigenvalue weighted by Crippen LogP contribution is -2.51. The van der Waals surface area contributed by atoms with Gasteiger partial charge < -0.3 is 25.6 Å². The van der Waals surface area contributed by atoms with E-state index in [0.717, 1.165) is 0 Å². The highest BCUT2D eigenvalue weighted by molar-refractivity contribution is 5.75. The molecule has 0 saturated carbocycles. The third kappa shape index (κ3) is 1.18. The highest BCUT2D eigenvalue weighted by Crippen LogP contribution is 2.31. The van der Waals surface area contributed by atoms with Crippen LogP contribution < -0.4 is 10.6 Å². The average Bonchev–Trinajstić information content (AvgIpc) is 2.30. The van der Waals surface area contributed by atoms with E-state index in [2.05, 4.69) is 10.6 Å². The van der Waals surface area contributed by atoms with Crippen LogP contribution >= 0.6 is 0 Å². The molecule has 1 unspecified atom stereocenters. The molecule has 2 aliphatic rings. The minimum Gasteiger partial charge on any atom is -0.393 e. The monoisotopic (exact) mass is 202 g/mol. The van der Waals surface area contributed by atoms with E-state index in [0.29, 0.717) is 0 Å². The molecule has 0 aromatic rings. The summed E-state index contributed by atoms with van der Waals surface area (Å²) in [6, 6.07) is -0.788. The smallest absolute Gasteiger partial charge is 0.315 e. The van der Waals surface area contributed by atoms with Gasteiger partial charge in [0, 0.05) is 0 Å². The molecule has 2 bridgehead atoms. The van der Waals surface area contributed by atoms with Crippen LogP contribution in [0.2, 0.25) is 0 Å². The minimum atomic E-state index is -1.05. The zero-order valence-electron chi connectivity index (χ0n) is 7.86. The maximum Gasteiger partial charge on any atom is 0.315 e. The van der Waals surface area contributed by atoms with E-state index >= 15 is 0 Å². The number of rotatable bonds is 1. The Morgan fingerprint density at radius 3 is 3.07 bits per heavy atom. The second-order valence-corrected chi connectivity index (χ2v) is 3.84. The lowest BCUT2D eigenvalue weighted by atomic mass is 9.94. The standard InChI is InChI=1S/C8H14N2O4/c1-4-5-6(12)8(3-11,14-4)2-9-7(13)10-5/h4-6,11-12H,2-3H2,1H3,(H2,9,10,13)/t4-,5?,6+,8+/m0/s1. The van der Waals surface area contributed by atoms with Crippen LogP contribution in [0.25, 0.3) is 0 Å². The Labute approximate surface area is 81.2 Å². The van der Waals surface area contributed by atoms with Crippen molar-refractivity contribution in [3.63, 3.8) is 0 Å². The van der Waals surface area contributed by atoms with Gasteiger partial charge in [-0.2, -0.15) is 0 Å². The van der Waals surface area contributed by atoms with Crippen LogP contribution in [0.15, 0.2) is 0 Å². The van der Waals surface area contributed by atoms with Gasteiger partial charge in [0.05, 0.1) is 25.3 Å². The molecule has 0 aromatic carbocycles. The summed E-state index contributed by atoms with van der Waals surface area (Å²) in [6.07, 6.45) is -1.16. The van der Waals surface area contributed by atoms with E-state index in [1.807, 2.05) is 0 Å². The third-order valence-electron chi connectivity index (χ3n) is 2.92. The fraction of sp³-hybridized carbons (Fsp3) is 0.875. The average molecular weight is 202 g/mol. The molecule has 0 spiro atoms. The molecule has 0 radical (unpaired) electrons. The number of nitrogens with one attached hydrogen (secondary N) is 2. The van der Waals surface area contributed by atoms with Gasteiger partial charge in [-0.3, -0.25) is 0 Å². The van der Waals surface area contributed by atoms with Crippen LogP contribution in [0.5, 0.6) is 0 Å². The molecule has 2 aliphatic heterocycles. The molecular formula is C8H14N2O4. The van der Waals surface area contributed by atoms with Crippen molar-refractivity contribution in [3.05, 3.63) is 0 Å². The highest BCUT2D eigenvalue weighted by atomic mass is 16.5. The fourth-order valence-corrected chi connectivity index (χ4v) is 2.06. The van der Waals surface area contributed by atoms with E-state index in [1.165, 1.54) is 0 Å².